The number of benzene rings is 1. The van der Waals surface area contributed by atoms with Crippen molar-refractivity contribution in [3.05, 3.63) is 71.5 Å². The molecule has 1 aliphatic heterocycles. The maximum Gasteiger partial charge on any atom is 0.270 e. The van der Waals surface area contributed by atoms with E-state index in [2.05, 4.69) is 46.5 Å². The Morgan fingerprint density at radius 2 is 2.14 bits per heavy atom. The number of amides is 1. The number of nitrogens with zero attached hydrogens (tertiary/aromatic N) is 3. The van der Waals surface area contributed by atoms with Gasteiger partial charge in [0.1, 0.15) is 5.69 Å². The average Bonchev–Trinajstić information content (AvgIpc) is 3.40. The summed E-state index contributed by atoms with van der Waals surface area (Å²) >= 11 is 5.91. The summed E-state index contributed by atoms with van der Waals surface area (Å²) in [5, 5.41) is 4.28. The van der Waals surface area contributed by atoms with E-state index in [1.807, 2.05) is 15.7 Å². The molecule has 7 heteroatoms. The van der Waals surface area contributed by atoms with E-state index in [1.54, 1.807) is 24.8 Å². The molecule has 1 unspecified atom stereocenters. The van der Waals surface area contributed by atoms with E-state index in [0.29, 0.717) is 16.8 Å². The molecule has 0 bridgehead atoms. The largest absolute Gasteiger partial charge is 0.356 e. The van der Waals surface area contributed by atoms with Crippen LogP contribution in [-0.4, -0.2) is 44.5 Å². The van der Waals surface area contributed by atoms with Gasteiger partial charge in [0.2, 0.25) is 0 Å². The van der Waals surface area contributed by atoms with Crippen LogP contribution in [0.5, 0.6) is 0 Å². The van der Waals surface area contributed by atoms with Gasteiger partial charge in [0.25, 0.3) is 5.91 Å². The highest BCUT2D eigenvalue weighted by Gasteiger charge is 2.25. The molecule has 28 heavy (non-hydrogen) atoms. The zero-order chi connectivity index (χ0) is 19.5. The van der Waals surface area contributed by atoms with E-state index >= 15 is 0 Å². The minimum absolute atomic E-state index is 0.0198. The molecule has 4 rings (SSSR count). The molecule has 1 saturated heterocycles. The number of nitrogens with one attached hydrogen (secondary N) is 2. The number of piperidine rings is 1. The van der Waals surface area contributed by atoms with Crippen LogP contribution >= 0.6 is 11.6 Å². The molecule has 1 aliphatic rings. The third kappa shape index (κ3) is 4.13. The fraction of sp³-hybridized carbons (Fsp3) is 0.333. The maximum atomic E-state index is 12.5. The molecule has 1 aromatic carbocycles. The summed E-state index contributed by atoms with van der Waals surface area (Å²) < 4.78 is 2.01. The van der Waals surface area contributed by atoms with Crippen LogP contribution in [0.2, 0.25) is 5.02 Å². The topological polar surface area (TPSA) is 66.0 Å². The van der Waals surface area contributed by atoms with E-state index in [9.17, 15) is 4.79 Å². The minimum atomic E-state index is 0.0198. The Morgan fingerprint density at radius 1 is 1.32 bits per heavy atom. The smallest absolute Gasteiger partial charge is 0.270 e. The van der Waals surface area contributed by atoms with Crippen LogP contribution in [0.25, 0.3) is 5.69 Å². The summed E-state index contributed by atoms with van der Waals surface area (Å²) in [7, 11) is 0. The lowest BCUT2D eigenvalue weighted by Gasteiger charge is -2.34. The molecule has 1 fully saturated rings. The van der Waals surface area contributed by atoms with Crippen molar-refractivity contribution in [2.24, 2.45) is 0 Å². The minimum Gasteiger partial charge on any atom is -0.356 e. The molecule has 3 aromatic rings. The Labute approximate surface area is 169 Å². The van der Waals surface area contributed by atoms with E-state index in [4.69, 9.17) is 11.6 Å². The summed E-state index contributed by atoms with van der Waals surface area (Å²) in [4.78, 5) is 21.5. The molecule has 2 aromatic heterocycles. The quantitative estimate of drug-likeness (QED) is 0.688. The lowest BCUT2D eigenvalue weighted by molar-refractivity contribution is 0.0697. The number of carbonyl (C=O) groups is 1. The Hall–Kier alpha value is -2.57. The Kier molecular flexibility index (Phi) is 5.50. The van der Waals surface area contributed by atoms with Gasteiger partial charge in [-0.05, 0) is 43.5 Å². The van der Waals surface area contributed by atoms with Gasteiger partial charge in [0.15, 0.2) is 0 Å². The molecular weight excluding hydrogens is 374 g/mol. The number of imidazole rings is 1. The second-order valence-corrected chi connectivity index (χ2v) is 7.69. The van der Waals surface area contributed by atoms with Gasteiger partial charge in [-0.15, -0.1) is 0 Å². The number of aromatic nitrogens is 3. The third-order valence-corrected chi connectivity index (χ3v) is 5.54. The zero-order valence-corrected chi connectivity index (χ0v) is 16.6. The lowest BCUT2D eigenvalue weighted by Crippen LogP contribution is -2.45. The van der Waals surface area contributed by atoms with Gasteiger partial charge < -0.3 is 19.8 Å². The number of carbonyl (C=O) groups excluding carboxylic acids is 1. The van der Waals surface area contributed by atoms with E-state index in [-0.39, 0.29) is 11.9 Å². The molecule has 146 valence electrons. The van der Waals surface area contributed by atoms with Gasteiger partial charge in [-0.3, -0.25) is 4.79 Å². The SMILES string of the molecule is CC(NC1CCN(C(=O)c2cc(Cl)c[nH]2)CC1)c1cccc(-n2ccnc2)c1. The van der Waals surface area contributed by atoms with Crippen molar-refractivity contribution < 1.29 is 4.79 Å². The molecule has 6 nitrogen and oxygen atoms in total. The fourth-order valence-corrected chi connectivity index (χ4v) is 3.89. The Balaban J connectivity index is 1.33. The first kappa shape index (κ1) is 18.8. The van der Waals surface area contributed by atoms with Crippen molar-refractivity contribution in [3.8, 4) is 5.69 Å². The number of hydrogen-bond acceptors (Lipinski definition) is 3. The average molecular weight is 398 g/mol. The van der Waals surface area contributed by atoms with Gasteiger partial charge in [0, 0.05) is 49.5 Å². The first-order valence-corrected chi connectivity index (χ1v) is 9.95. The van der Waals surface area contributed by atoms with Gasteiger partial charge >= 0.3 is 0 Å². The fourth-order valence-electron chi connectivity index (χ4n) is 3.73. The third-order valence-electron chi connectivity index (χ3n) is 5.32. The molecule has 3 heterocycles. The van der Waals surface area contributed by atoms with Crippen LogP contribution < -0.4 is 5.32 Å². The summed E-state index contributed by atoms with van der Waals surface area (Å²) in [6, 6.07) is 10.8. The summed E-state index contributed by atoms with van der Waals surface area (Å²) in [6.07, 6.45) is 9.05. The molecule has 1 amide bonds. The number of aromatic amines is 1. The number of halogens is 1. The zero-order valence-electron chi connectivity index (χ0n) is 15.8. The summed E-state index contributed by atoms with van der Waals surface area (Å²) in [5.74, 6) is 0.0198. The summed E-state index contributed by atoms with van der Waals surface area (Å²) in [6.45, 7) is 3.68. The lowest BCUT2D eigenvalue weighted by atomic mass is 10.0. The first-order chi connectivity index (χ1) is 13.6. The summed E-state index contributed by atoms with van der Waals surface area (Å²) in [5.41, 5.74) is 2.90. The van der Waals surface area contributed by atoms with E-state index in [0.717, 1.165) is 31.6 Å². The van der Waals surface area contributed by atoms with Crippen LogP contribution in [0.15, 0.2) is 55.2 Å². The van der Waals surface area contributed by atoms with Crippen molar-refractivity contribution in [2.45, 2.75) is 31.8 Å². The van der Waals surface area contributed by atoms with Gasteiger partial charge in [0.05, 0.1) is 11.3 Å². The normalized spacial score (nSPS) is 16.3. The predicted molar refractivity (Wildman–Crippen MR) is 110 cm³/mol. The van der Waals surface area contributed by atoms with Crippen molar-refractivity contribution in [1.29, 1.82) is 0 Å². The van der Waals surface area contributed by atoms with E-state index < -0.39 is 0 Å². The van der Waals surface area contributed by atoms with Crippen molar-refractivity contribution in [1.82, 2.24) is 24.8 Å². The predicted octanol–water partition coefficient (Wildman–Crippen LogP) is 3.81. The maximum absolute atomic E-state index is 12.5. The number of rotatable bonds is 5. The number of H-pyrrole nitrogens is 1. The monoisotopic (exact) mass is 397 g/mol. The van der Waals surface area contributed by atoms with Gasteiger partial charge in [-0.1, -0.05) is 23.7 Å². The van der Waals surface area contributed by atoms with Crippen LogP contribution in [0.4, 0.5) is 0 Å². The first-order valence-electron chi connectivity index (χ1n) is 9.57. The van der Waals surface area contributed by atoms with Crippen molar-refractivity contribution in [3.63, 3.8) is 0 Å². The van der Waals surface area contributed by atoms with Gasteiger partial charge in [-0.2, -0.15) is 0 Å². The second kappa shape index (κ2) is 8.20. The van der Waals surface area contributed by atoms with Crippen LogP contribution in [0.1, 0.15) is 41.9 Å². The highest BCUT2D eigenvalue weighted by atomic mass is 35.5. The Morgan fingerprint density at radius 3 is 2.82 bits per heavy atom. The number of likely N-dealkylation sites (tertiary alicyclic amines) is 1. The second-order valence-electron chi connectivity index (χ2n) is 7.25. The Bertz CT molecular complexity index is 928. The molecule has 0 saturated carbocycles. The molecule has 2 N–H and O–H groups in total. The standard InChI is InChI=1S/C21H24ClN5O/c1-15(16-3-2-4-19(11-16)27-10-7-23-14-27)25-18-5-8-26(9-6-18)21(28)20-12-17(22)13-24-20/h2-4,7,10-15,18,24-25H,5-6,8-9H2,1H3. The van der Waals surface area contributed by atoms with Crippen molar-refractivity contribution in [2.75, 3.05) is 13.1 Å². The van der Waals surface area contributed by atoms with Gasteiger partial charge in [-0.25, -0.2) is 4.98 Å². The van der Waals surface area contributed by atoms with Crippen molar-refractivity contribution >= 4 is 17.5 Å². The van der Waals surface area contributed by atoms with Crippen LogP contribution in [-0.2, 0) is 0 Å². The number of hydrogen-bond donors (Lipinski definition) is 2. The molecule has 0 spiro atoms. The van der Waals surface area contributed by atoms with Crippen LogP contribution in [0.3, 0.4) is 0 Å². The molecule has 0 aliphatic carbocycles. The highest BCUT2D eigenvalue weighted by molar-refractivity contribution is 6.30. The molecule has 0 radical (unpaired) electrons. The van der Waals surface area contributed by atoms with E-state index in [1.165, 1.54) is 5.56 Å². The molecule has 1 atom stereocenters. The molecular formula is C21H24ClN5O. The van der Waals surface area contributed by atoms with Crippen LogP contribution in [0, 0.1) is 0 Å². The highest BCUT2D eigenvalue weighted by Crippen LogP contribution is 2.21.